The van der Waals surface area contributed by atoms with Gasteiger partial charge in [0, 0.05) is 43.0 Å². The number of ether oxygens (including phenoxy) is 3. The summed E-state index contributed by atoms with van der Waals surface area (Å²) in [4.78, 5) is 17.5. The average Bonchev–Trinajstić information content (AvgIpc) is 2.89. The van der Waals surface area contributed by atoms with Gasteiger partial charge in [0.25, 0.3) is 5.91 Å². The molecule has 1 amide bonds. The molecule has 1 saturated heterocycles. The molecule has 0 radical (unpaired) electrons. The molecule has 3 aromatic rings. The molecule has 0 aromatic heterocycles. The summed E-state index contributed by atoms with van der Waals surface area (Å²) in [6.07, 6.45) is 0. The molecule has 4 rings (SSSR count). The number of carbonyl (C=O) groups is 1. The van der Waals surface area contributed by atoms with E-state index in [2.05, 4.69) is 17.0 Å². The third kappa shape index (κ3) is 5.58. The Morgan fingerprint density at radius 2 is 1.55 bits per heavy atom. The number of piperazine rings is 1. The Kier molecular flexibility index (Phi) is 7.35. The summed E-state index contributed by atoms with van der Waals surface area (Å²) in [6, 6.07) is 23.4. The van der Waals surface area contributed by atoms with Crippen molar-refractivity contribution in [1.29, 1.82) is 0 Å². The Hall–Kier alpha value is -3.67. The second kappa shape index (κ2) is 10.8. The molecule has 1 aliphatic rings. The summed E-state index contributed by atoms with van der Waals surface area (Å²) < 4.78 is 16.9. The summed E-state index contributed by atoms with van der Waals surface area (Å²) in [6.45, 7) is 5.83. The fourth-order valence-corrected chi connectivity index (χ4v) is 3.94. The standard InChI is InChI=1S/C27H30N2O4/c1-3-32-26-14-9-21(19-22(26)20-33-25-12-10-24(31-2)11-13-25)27(30)29-17-15-28(16-18-29)23-7-5-4-6-8-23/h4-14,19H,3,15-18,20H2,1-2H3. The van der Waals surface area contributed by atoms with Gasteiger partial charge in [0.2, 0.25) is 0 Å². The van der Waals surface area contributed by atoms with E-state index in [0.717, 1.165) is 35.9 Å². The van der Waals surface area contributed by atoms with Crippen LogP contribution in [0.5, 0.6) is 17.2 Å². The number of rotatable bonds is 8. The lowest BCUT2D eigenvalue weighted by Crippen LogP contribution is -2.48. The van der Waals surface area contributed by atoms with Gasteiger partial charge in [-0.3, -0.25) is 4.79 Å². The number of anilines is 1. The lowest BCUT2D eigenvalue weighted by atomic mass is 10.1. The Morgan fingerprint density at radius 3 is 2.21 bits per heavy atom. The number of carbonyl (C=O) groups excluding carboxylic acids is 1. The minimum Gasteiger partial charge on any atom is -0.497 e. The van der Waals surface area contributed by atoms with E-state index in [-0.39, 0.29) is 5.91 Å². The maximum atomic E-state index is 13.2. The van der Waals surface area contributed by atoms with Gasteiger partial charge in [-0.15, -0.1) is 0 Å². The van der Waals surface area contributed by atoms with E-state index >= 15 is 0 Å². The van der Waals surface area contributed by atoms with Crippen LogP contribution in [0.15, 0.2) is 72.8 Å². The highest BCUT2D eigenvalue weighted by Crippen LogP contribution is 2.25. The van der Waals surface area contributed by atoms with E-state index in [9.17, 15) is 4.79 Å². The minimum absolute atomic E-state index is 0.0384. The Labute approximate surface area is 195 Å². The Morgan fingerprint density at radius 1 is 0.848 bits per heavy atom. The first kappa shape index (κ1) is 22.5. The molecular weight excluding hydrogens is 416 g/mol. The first-order valence-corrected chi connectivity index (χ1v) is 11.3. The molecule has 1 fully saturated rings. The first-order valence-electron chi connectivity index (χ1n) is 11.3. The fourth-order valence-electron chi connectivity index (χ4n) is 3.94. The van der Waals surface area contributed by atoms with E-state index in [0.29, 0.717) is 31.9 Å². The van der Waals surface area contributed by atoms with Crippen LogP contribution in [0.25, 0.3) is 0 Å². The van der Waals surface area contributed by atoms with Gasteiger partial charge in [-0.05, 0) is 61.5 Å². The van der Waals surface area contributed by atoms with Crippen molar-refractivity contribution < 1.29 is 19.0 Å². The molecule has 172 valence electrons. The topological polar surface area (TPSA) is 51.2 Å². The van der Waals surface area contributed by atoms with Gasteiger partial charge in [0.05, 0.1) is 13.7 Å². The highest BCUT2D eigenvalue weighted by Gasteiger charge is 2.23. The van der Waals surface area contributed by atoms with Crippen molar-refractivity contribution in [3.05, 3.63) is 83.9 Å². The third-order valence-corrected chi connectivity index (χ3v) is 5.75. The summed E-state index contributed by atoms with van der Waals surface area (Å²) in [5, 5.41) is 0. The predicted octanol–water partition coefficient (Wildman–Crippen LogP) is 4.64. The van der Waals surface area contributed by atoms with Crippen LogP contribution in [-0.2, 0) is 6.61 Å². The molecule has 0 saturated carbocycles. The molecule has 1 heterocycles. The molecule has 33 heavy (non-hydrogen) atoms. The quantitative estimate of drug-likeness (QED) is 0.505. The normalized spacial score (nSPS) is 13.5. The third-order valence-electron chi connectivity index (χ3n) is 5.75. The van der Waals surface area contributed by atoms with Crippen LogP contribution in [0, 0.1) is 0 Å². The maximum absolute atomic E-state index is 13.2. The van der Waals surface area contributed by atoms with Crippen molar-refractivity contribution in [2.45, 2.75) is 13.5 Å². The number of para-hydroxylation sites is 1. The van der Waals surface area contributed by atoms with E-state index in [1.165, 1.54) is 5.69 Å². The maximum Gasteiger partial charge on any atom is 0.253 e. The van der Waals surface area contributed by atoms with Crippen molar-refractivity contribution in [2.24, 2.45) is 0 Å². The van der Waals surface area contributed by atoms with Gasteiger partial charge in [0.15, 0.2) is 0 Å². The molecule has 0 atom stereocenters. The second-order valence-corrected chi connectivity index (χ2v) is 7.83. The number of methoxy groups -OCH3 is 1. The molecular formula is C27H30N2O4. The Bertz CT molecular complexity index is 1050. The fraction of sp³-hybridized carbons (Fsp3) is 0.296. The lowest BCUT2D eigenvalue weighted by Gasteiger charge is -2.36. The molecule has 6 heteroatoms. The molecule has 0 bridgehead atoms. The smallest absolute Gasteiger partial charge is 0.253 e. The second-order valence-electron chi connectivity index (χ2n) is 7.83. The van der Waals surface area contributed by atoms with Crippen LogP contribution >= 0.6 is 0 Å². The van der Waals surface area contributed by atoms with Gasteiger partial charge < -0.3 is 24.0 Å². The molecule has 0 N–H and O–H groups in total. The number of hydrogen-bond acceptors (Lipinski definition) is 5. The zero-order chi connectivity index (χ0) is 23.0. The zero-order valence-corrected chi connectivity index (χ0v) is 19.2. The van der Waals surface area contributed by atoms with Crippen LogP contribution in [-0.4, -0.2) is 50.7 Å². The van der Waals surface area contributed by atoms with Crippen LogP contribution in [0.4, 0.5) is 5.69 Å². The van der Waals surface area contributed by atoms with Crippen LogP contribution < -0.4 is 19.1 Å². The number of amides is 1. The average molecular weight is 447 g/mol. The van der Waals surface area contributed by atoms with E-state index in [1.54, 1.807) is 7.11 Å². The Balaban J connectivity index is 1.43. The van der Waals surface area contributed by atoms with Crippen LogP contribution in [0.3, 0.4) is 0 Å². The highest BCUT2D eigenvalue weighted by atomic mass is 16.5. The van der Waals surface area contributed by atoms with Gasteiger partial charge in [-0.1, -0.05) is 18.2 Å². The molecule has 0 unspecified atom stereocenters. The van der Waals surface area contributed by atoms with E-state index in [1.807, 2.05) is 72.5 Å². The van der Waals surface area contributed by atoms with Crippen LogP contribution in [0.2, 0.25) is 0 Å². The monoisotopic (exact) mass is 446 g/mol. The molecule has 6 nitrogen and oxygen atoms in total. The molecule has 0 aliphatic carbocycles. The largest absolute Gasteiger partial charge is 0.497 e. The zero-order valence-electron chi connectivity index (χ0n) is 19.2. The van der Waals surface area contributed by atoms with Crippen molar-refractivity contribution in [3.63, 3.8) is 0 Å². The van der Waals surface area contributed by atoms with Crippen molar-refractivity contribution in [3.8, 4) is 17.2 Å². The van der Waals surface area contributed by atoms with Crippen LogP contribution in [0.1, 0.15) is 22.8 Å². The predicted molar refractivity (Wildman–Crippen MR) is 129 cm³/mol. The van der Waals surface area contributed by atoms with Crippen molar-refractivity contribution in [2.75, 3.05) is 44.8 Å². The van der Waals surface area contributed by atoms with Crippen molar-refractivity contribution in [1.82, 2.24) is 4.90 Å². The summed E-state index contributed by atoms with van der Waals surface area (Å²) in [7, 11) is 1.63. The van der Waals surface area contributed by atoms with E-state index < -0.39 is 0 Å². The van der Waals surface area contributed by atoms with Gasteiger partial charge in [-0.25, -0.2) is 0 Å². The molecule has 3 aromatic carbocycles. The summed E-state index contributed by atoms with van der Waals surface area (Å²) in [5.41, 5.74) is 2.70. The number of hydrogen-bond donors (Lipinski definition) is 0. The van der Waals surface area contributed by atoms with Gasteiger partial charge in [-0.2, -0.15) is 0 Å². The minimum atomic E-state index is 0.0384. The molecule has 0 spiro atoms. The van der Waals surface area contributed by atoms with Gasteiger partial charge >= 0.3 is 0 Å². The lowest BCUT2D eigenvalue weighted by molar-refractivity contribution is 0.0746. The van der Waals surface area contributed by atoms with Crippen molar-refractivity contribution >= 4 is 11.6 Å². The summed E-state index contributed by atoms with van der Waals surface area (Å²) >= 11 is 0. The summed E-state index contributed by atoms with van der Waals surface area (Å²) in [5.74, 6) is 2.28. The number of nitrogens with zero attached hydrogens (tertiary/aromatic N) is 2. The SMILES string of the molecule is CCOc1ccc(C(=O)N2CCN(c3ccccc3)CC2)cc1COc1ccc(OC)cc1. The highest BCUT2D eigenvalue weighted by molar-refractivity contribution is 5.94. The van der Waals surface area contributed by atoms with E-state index in [4.69, 9.17) is 14.2 Å². The first-order chi connectivity index (χ1) is 16.2. The van der Waals surface area contributed by atoms with Gasteiger partial charge in [0.1, 0.15) is 23.9 Å². The molecule has 1 aliphatic heterocycles. The number of benzene rings is 3.